The van der Waals surface area contributed by atoms with Crippen molar-refractivity contribution < 1.29 is 14.7 Å². The molecule has 0 aliphatic carbocycles. The highest BCUT2D eigenvalue weighted by molar-refractivity contribution is 6.02. The predicted octanol–water partition coefficient (Wildman–Crippen LogP) is 3.13. The number of ketones is 2. The summed E-state index contributed by atoms with van der Waals surface area (Å²) in [5.74, 6) is -0.100. The molecule has 4 nitrogen and oxygen atoms in total. The van der Waals surface area contributed by atoms with E-state index in [1.165, 1.54) is 0 Å². The number of aliphatic hydroxyl groups is 1. The van der Waals surface area contributed by atoms with Crippen LogP contribution in [0.25, 0.3) is 0 Å². The third-order valence-electron chi connectivity index (χ3n) is 3.62. The van der Waals surface area contributed by atoms with E-state index >= 15 is 0 Å². The van der Waals surface area contributed by atoms with E-state index in [9.17, 15) is 14.7 Å². The lowest BCUT2D eigenvalue weighted by atomic mass is 10.0. The summed E-state index contributed by atoms with van der Waals surface area (Å²) in [5, 5.41) is 12.7. The largest absolute Gasteiger partial charge is 0.374 e. The highest BCUT2D eigenvalue weighted by atomic mass is 16.3. The summed E-state index contributed by atoms with van der Waals surface area (Å²) in [7, 11) is 0. The van der Waals surface area contributed by atoms with E-state index in [0.717, 1.165) is 0 Å². The van der Waals surface area contributed by atoms with Crippen molar-refractivity contribution >= 4 is 11.6 Å². The third kappa shape index (κ3) is 4.84. The van der Waals surface area contributed by atoms with E-state index in [-0.39, 0.29) is 24.4 Å². The van der Waals surface area contributed by atoms with Crippen molar-refractivity contribution in [3.05, 3.63) is 71.3 Å². The van der Waals surface area contributed by atoms with Crippen molar-refractivity contribution in [3.63, 3.8) is 0 Å². The average Bonchev–Trinajstić information content (AvgIpc) is 2.60. The zero-order valence-electron chi connectivity index (χ0n) is 13.2. The molecule has 1 unspecified atom stereocenters. The van der Waals surface area contributed by atoms with Crippen LogP contribution >= 0.6 is 0 Å². The van der Waals surface area contributed by atoms with Crippen molar-refractivity contribution in [2.45, 2.75) is 26.0 Å². The summed E-state index contributed by atoms with van der Waals surface area (Å²) in [6, 6.07) is 15.8. The molecule has 0 aromatic heterocycles. The highest BCUT2D eigenvalue weighted by Gasteiger charge is 2.12. The van der Waals surface area contributed by atoms with Gasteiger partial charge in [-0.25, -0.2) is 0 Å². The summed E-state index contributed by atoms with van der Waals surface area (Å²) in [6.45, 7) is 2.56. The third-order valence-corrected chi connectivity index (χ3v) is 3.62. The van der Waals surface area contributed by atoms with Gasteiger partial charge in [-0.3, -0.25) is 14.9 Å². The molecule has 0 aliphatic rings. The lowest BCUT2D eigenvalue weighted by Gasteiger charge is -2.11. The van der Waals surface area contributed by atoms with E-state index in [4.69, 9.17) is 0 Å². The molecule has 0 saturated heterocycles. The first-order chi connectivity index (χ1) is 11.1. The Morgan fingerprint density at radius 3 is 1.96 bits per heavy atom. The normalized spacial score (nSPS) is 11.9. The van der Waals surface area contributed by atoms with Crippen LogP contribution in [0.5, 0.6) is 0 Å². The van der Waals surface area contributed by atoms with E-state index in [1.54, 1.807) is 36.4 Å². The van der Waals surface area contributed by atoms with Crippen molar-refractivity contribution in [3.8, 4) is 0 Å². The quantitative estimate of drug-likeness (QED) is 0.580. The fourth-order valence-corrected chi connectivity index (χ4v) is 2.30. The van der Waals surface area contributed by atoms with Crippen LogP contribution in [0.1, 0.15) is 52.3 Å². The number of carbonyl (C=O) groups is 2. The maximum absolute atomic E-state index is 12.2. The van der Waals surface area contributed by atoms with Gasteiger partial charge in [-0.2, -0.15) is 0 Å². The van der Waals surface area contributed by atoms with Gasteiger partial charge in [0.15, 0.2) is 11.6 Å². The summed E-state index contributed by atoms with van der Waals surface area (Å²) in [5.41, 5.74) is 1.89. The zero-order chi connectivity index (χ0) is 16.7. The molecule has 2 N–H and O–H groups in total. The number of nitrogens with one attached hydrogen (secondary N) is 1. The molecule has 0 saturated carbocycles. The maximum Gasteiger partial charge on any atom is 0.163 e. The maximum atomic E-state index is 12.2. The average molecular weight is 311 g/mol. The fraction of sp³-hybridized carbons (Fsp3) is 0.263. The molecule has 0 bridgehead atoms. The molecule has 4 heteroatoms. The minimum atomic E-state index is -0.733. The molecule has 0 spiro atoms. The van der Waals surface area contributed by atoms with Crippen molar-refractivity contribution in [2.75, 3.05) is 6.54 Å². The summed E-state index contributed by atoms with van der Waals surface area (Å²) in [4.78, 5) is 24.2. The Morgan fingerprint density at radius 2 is 1.43 bits per heavy atom. The number of benzene rings is 2. The molecule has 0 fully saturated rings. The van der Waals surface area contributed by atoms with Gasteiger partial charge < -0.3 is 5.11 Å². The second-order valence-electron chi connectivity index (χ2n) is 5.29. The van der Waals surface area contributed by atoms with Gasteiger partial charge in [0.05, 0.1) is 0 Å². The van der Waals surface area contributed by atoms with Crippen LogP contribution in [0.4, 0.5) is 0 Å². The topological polar surface area (TPSA) is 66.4 Å². The Bertz CT molecular complexity index is 650. The predicted molar refractivity (Wildman–Crippen MR) is 89.4 cm³/mol. The SMILES string of the molecule is CCNC(O)c1ccc(C(=O)CCC(=O)c2ccccc2)cc1. The second-order valence-corrected chi connectivity index (χ2v) is 5.29. The van der Waals surface area contributed by atoms with Crippen molar-refractivity contribution in [1.82, 2.24) is 5.32 Å². The van der Waals surface area contributed by atoms with Crippen molar-refractivity contribution in [2.24, 2.45) is 0 Å². The molecule has 0 amide bonds. The smallest absolute Gasteiger partial charge is 0.163 e. The van der Waals surface area contributed by atoms with Gasteiger partial charge in [0, 0.05) is 24.0 Å². The number of hydrogen-bond acceptors (Lipinski definition) is 4. The Morgan fingerprint density at radius 1 is 0.913 bits per heavy atom. The van der Waals surface area contributed by atoms with E-state index < -0.39 is 6.23 Å². The molecule has 0 radical (unpaired) electrons. The Kier molecular flexibility index (Phi) is 6.20. The second kappa shape index (κ2) is 8.36. The van der Waals surface area contributed by atoms with Gasteiger partial charge in [0.1, 0.15) is 6.23 Å². The van der Waals surface area contributed by atoms with Crippen LogP contribution in [0.3, 0.4) is 0 Å². The van der Waals surface area contributed by atoms with Crippen molar-refractivity contribution in [1.29, 1.82) is 0 Å². The molecular weight excluding hydrogens is 290 g/mol. The van der Waals surface area contributed by atoms with Crippen LogP contribution in [-0.4, -0.2) is 23.2 Å². The minimum Gasteiger partial charge on any atom is -0.374 e. The standard InChI is InChI=1S/C19H21NO3/c1-2-20-19(23)16-10-8-15(9-11-16)18(22)13-12-17(21)14-6-4-3-5-7-14/h3-11,19-20,23H,2,12-13H2,1H3. The summed E-state index contributed by atoms with van der Waals surface area (Å²) >= 11 is 0. The van der Waals surface area contributed by atoms with Crippen LogP contribution in [0.2, 0.25) is 0 Å². The number of hydrogen-bond donors (Lipinski definition) is 2. The van der Waals surface area contributed by atoms with Crippen LogP contribution in [-0.2, 0) is 0 Å². The van der Waals surface area contributed by atoms with Gasteiger partial charge in [-0.1, -0.05) is 61.5 Å². The summed E-state index contributed by atoms with van der Waals surface area (Å²) in [6.07, 6.45) is -0.350. The number of aliphatic hydroxyl groups excluding tert-OH is 1. The number of rotatable bonds is 8. The molecule has 23 heavy (non-hydrogen) atoms. The Hall–Kier alpha value is -2.30. The molecule has 120 valence electrons. The molecule has 2 aromatic carbocycles. The molecule has 1 atom stereocenters. The van der Waals surface area contributed by atoms with Gasteiger partial charge in [-0.05, 0) is 12.1 Å². The molecule has 0 aliphatic heterocycles. The summed E-state index contributed by atoms with van der Waals surface area (Å²) < 4.78 is 0. The van der Waals surface area contributed by atoms with Gasteiger partial charge in [0.2, 0.25) is 0 Å². The van der Waals surface area contributed by atoms with Crippen LogP contribution in [0, 0.1) is 0 Å². The monoisotopic (exact) mass is 311 g/mol. The lowest BCUT2D eigenvalue weighted by molar-refractivity contribution is 0.0917. The first-order valence-corrected chi connectivity index (χ1v) is 7.74. The zero-order valence-corrected chi connectivity index (χ0v) is 13.2. The molecule has 2 rings (SSSR count). The highest BCUT2D eigenvalue weighted by Crippen LogP contribution is 2.14. The first kappa shape index (κ1) is 17.1. The number of Topliss-reactive ketones (excluding diaryl/α,β-unsaturated/α-hetero) is 2. The van der Waals surface area contributed by atoms with Crippen LogP contribution in [0.15, 0.2) is 54.6 Å². The van der Waals surface area contributed by atoms with Crippen LogP contribution < -0.4 is 5.32 Å². The molecule has 0 heterocycles. The van der Waals surface area contributed by atoms with E-state index in [2.05, 4.69) is 5.32 Å². The number of carbonyl (C=O) groups excluding carboxylic acids is 2. The minimum absolute atomic E-state index is 0.0295. The fourth-order valence-electron chi connectivity index (χ4n) is 2.30. The van der Waals surface area contributed by atoms with Gasteiger partial charge >= 0.3 is 0 Å². The van der Waals surface area contributed by atoms with E-state index in [1.807, 2.05) is 25.1 Å². The molecular formula is C19H21NO3. The van der Waals surface area contributed by atoms with Gasteiger partial charge in [0.25, 0.3) is 0 Å². The lowest BCUT2D eigenvalue weighted by Crippen LogP contribution is -2.20. The Balaban J connectivity index is 1.92. The molecule has 2 aromatic rings. The van der Waals surface area contributed by atoms with E-state index in [0.29, 0.717) is 23.2 Å². The Labute approximate surface area is 136 Å². The first-order valence-electron chi connectivity index (χ1n) is 7.74. The van der Waals surface area contributed by atoms with Gasteiger partial charge in [-0.15, -0.1) is 0 Å².